The number of nitrogens with zero attached hydrogens (tertiary/aromatic N) is 10. The van der Waals surface area contributed by atoms with Gasteiger partial charge in [-0.2, -0.15) is 9.67 Å². The Morgan fingerprint density at radius 1 is 1.15 bits per heavy atom. The van der Waals surface area contributed by atoms with Crippen LogP contribution in [0.15, 0.2) is 79.0 Å². The Morgan fingerprint density at radius 2 is 1.92 bits per heavy atom. The Labute approximate surface area is 319 Å². The smallest absolute Gasteiger partial charge is 0.418 e. The van der Waals surface area contributed by atoms with Gasteiger partial charge in [-0.1, -0.05) is 23.9 Å². The Balaban J connectivity index is 0.00000378. The first-order valence-corrected chi connectivity index (χ1v) is 16.3. The topological polar surface area (TPSA) is 179 Å². The highest BCUT2D eigenvalue weighted by Gasteiger charge is 2.50. The van der Waals surface area contributed by atoms with Gasteiger partial charge in [0.05, 0.1) is 11.3 Å². The van der Waals surface area contributed by atoms with Crippen molar-refractivity contribution in [1.29, 1.82) is 0 Å². The second-order valence-electron chi connectivity index (χ2n) is 11.8. The monoisotopic (exact) mass is 795 g/mol. The molecule has 5 aromatic rings. The Kier molecular flexibility index (Phi) is 14.7. The van der Waals surface area contributed by atoms with E-state index in [4.69, 9.17) is 9.47 Å². The van der Waals surface area contributed by atoms with E-state index in [1.54, 1.807) is 52.1 Å². The molecule has 2 N–H and O–H groups in total. The Morgan fingerprint density at radius 3 is 2.58 bits per heavy atom. The highest BCUT2D eigenvalue weighted by atomic mass is 35.5. The van der Waals surface area contributed by atoms with Gasteiger partial charge in [-0.05, 0) is 45.2 Å². The molecule has 2 unspecified atom stereocenters. The van der Waals surface area contributed by atoms with Crippen LogP contribution in [-0.2, 0) is 33.0 Å². The SMILES string of the molecule is CNCC(=O)OCc1cccnc1N(C)C(=O)OC(C)[n+]1cnn(CC(O)(c2ccc(F)cc2F)C(C)(C)Sc2ccc(-n3cncn3)nn2)c1.Cl.[Cl-]. The number of carbonyl (C=O) groups is 2. The van der Waals surface area contributed by atoms with E-state index in [-0.39, 0.29) is 55.9 Å². The lowest BCUT2D eigenvalue weighted by atomic mass is 9.82. The van der Waals surface area contributed by atoms with Gasteiger partial charge in [-0.15, -0.1) is 27.3 Å². The van der Waals surface area contributed by atoms with Crippen molar-refractivity contribution < 1.29 is 49.9 Å². The first-order chi connectivity index (χ1) is 24.3. The van der Waals surface area contributed by atoms with Gasteiger partial charge in [-0.3, -0.25) is 9.69 Å². The lowest BCUT2D eigenvalue weighted by Crippen LogP contribution is -3.00. The number of likely N-dealkylation sites (N-methyl/N-ethyl adjacent to an activating group) is 1. The molecule has 4 aromatic heterocycles. The summed E-state index contributed by atoms with van der Waals surface area (Å²) in [6, 6.07) is 9.63. The van der Waals surface area contributed by atoms with Gasteiger partial charge in [0.1, 0.15) is 53.9 Å². The second-order valence-corrected chi connectivity index (χ2v) is 13.4. The number of thioether (sulfide) groups is 1. The highest BCUT2D eigenvalue weighted by molar-refractivity contribution is 8.00. The normalized spacial score (nSPS) is 12.8. The van der Waals surface area contributed by atoms with Crippen molar-refractivity contribution in [3.8, 4) is 5.82 Å². The third kappa shape index (κ3) is 9.99. The molecule has 4 heterocycles. The van der Waals surface area contributed by atoms with Crippen LogP contribution in [0.25, 0.3) is 5.82 Å². The number of hydrogen-bond acceptors (Lipinski definition) is 13. The van der Waals surface area contributed by atoms with Crippen molar-refractivity contribution in [1.82, 2.24) is 45.0 Å². The summed E-state index contributed by atoms with van der Waals surface area (Å²) in [6.45, 7) is 4.61. The number of hydrogen-bond donors (Lipinski definition) is 2. The van der Waals surface area contributed by atoms with Crippen molar-refractivity contribution in [3.63, 3.8) is 0 Å². The molecular formula is C32H37Cl2F2N11O5S. The number of aromatic nitrogens is 9. The number of benzene rings is 1. The molecule has 0 saturated carbocycles. The third-order valence-corrected chi connectivity index (χ3v) is 9.14. The zero-order chi connectivity index (χ0) is 36.8. The number of amides is 1. The van der Waals surface area contributed by atoms with Crippen molar-refractivity contribution >= 4 is 42.0 Å². The minimum absolute atomic E-state index is 0. The molecule has 284 valence electrons. The molecule has 0 aliphatic heterocycles. The van der Waals surface area contributed by atoms with Crippen LogP contribution in [-0.4, -0.2) is 82.3 Å². The van der Waals surface area contributed by atoms with Crippen LogP contribution in [0.1, 0.15) is 38.1 Å². The number of halogens is 4. The van der Waals surface area contributed by atoms with E-state index >= 15 is 4.39 Å². The number of ether oxygens (including phenoxy) is 2. The van der Waals surface area contributed by atoms with Gasteiger partial charge < -0.3 is 32.3 Å². The van der Waals surface area contributed by atoms with Crippen molar-refractivity contribution in [2.45, 2.75) is 55.5 Å². The fourth-order valence-electron chi connectivity index (χ4n) is 5.00. The highest BCUT2D eigenvalue weighted by Crippen LogP contribution is 2.47. The lowest BCUT2D eigenvalue weighted by Gasteiger charge is -2.40. The molecule has 0 spiro atoms. The number of anilines is 1. The van der Waals surface area contributed by atoms with E-state index in [1.807, 2.05) is 0 Å². The molecule has 2 atom stereocenters. The summed E-state index contributed by atoms with van der Waals surface area (Å²) in [7, 11) is 3.09. The number of esters is 1. The van der Waals surface area contributed by atoms with Crippen molar-refractivity contribution in [2.24, 2.45) is 0 Å². The van der Waals surface area contributed by atoms with Gasteiger partial charge in [0.2, 0.25) is 12.6 Å². The van der Waals surface area contributed by atoms with Crippen LogP contribution >= 0.6 is 24.2 Å². The molecular weight excluding hydrogens is 759 g/mol. The van der Waals surface area contributed by atoms with Crippen LogP contribution in [0, 0.1) is 11.6 Å². The van der Waals surface area contributed by atoms with E-state index < -0.39 is 40.3 Å². The summed E-state index contributed by atoms with van der Waals surface area (Å²) < 4.78 is 43.3. The van der Waals surface area contributed by atoms with Crippen molar-refractivity contribution in [2.75, 3.05) is 25.5 Å². The molecule has 5 rings (SSSR count). The fraction of sp³-hybridized carbons (Fsp3) is 0.344. The number of carbonyl (C=O) groups excluding carboxylic acids is 2. The van der Waals surface area contributed by atoms with Crippen molar-refractivity contribution in [3.05, 3.63) is 96.7 Å². The molecule has 16 nitrogen and oxygen atoms in total. The van der Waals surface area contributed by atoms with Gasteiger partial charge in [0.15, 0.2) is 5.82 Å². The summed E-state index contributed by atoms with van der Waals surface area (Å²) in [6.07, 6.45) is 5.52. The molecule has 0 aliphatic rings. The average molecular weight is 797 g/mol. The molecule has 0 radical (unpaired) electrons. The maximum Gasteiger partial charge on any atom is 0.418 e. The summed E-state index contributed by atoms with van der Waals surface area (Å²) in [5.41, 5.74) is -1.68. The molecule has 0 bridgehead atoms. The maximum atomic E-state index is 15.4. The Hall–Kier alpha value is -4.82. The predicted molar refractivity (Wildman–Crippen MR) is 184 cm³/mol. The third-order valence-electron chi connectivity index (χ3n) is 7.86. The predicted octanol–water partition coefficient (Wildman–Crippen LogP) is 0.153. The molecule has 53 heavy (non-hydrogen) atoms. The lowest BCUT2D eigenvalue weighted by molar-refractivity contribution is -0.753. The minimum Gasteiger partial charge on any atom is -1.00 e. The fourth-order valence-corrected chi connectivity index (χ4v) is 6.08. The molecule has 0 fully saturated rings. The summed E-state index contributed by atoms with van der Waals surface area (Å²) in [4.78, 5) is 34.3. The van der Waals surface area contributed by atoms with E-state index in [2.05, 4.69) is 35.7 Å². The quantitative estimate of drug-likeness (QED) is 0.0883. The number of nitrogens with one attached hydrogen (secondary N) is 1. The number of pyridine rings is 1. The first-order valence-electron chi connectivity index (χ1n) is 15.5. The minimum atomic E-state index is -2.00. The molecule has 0 saturated heterocycles. The van der Waals surface area contributed by atoms with Crippen LogP contribution < -0.4 is 27.2 Å². The van der Waals surface area contributed by atoms with Crippen LogP contribution in [0.3, 0.4) is 0 Å². The van der Waals surface area contributed by atoms with Crippen LogP contribution in [0.2, 0.25) is 0 Å². The average Bonchev–Trinajstić information content (AvgIpc) is 3.81. The molecule has 0 aliphatic carbocycles. The van der Waals surface area contributed by atoms with E-state index in [0.29, 0.717) is 22.5 Å². The second kappa shape index (κ2) is 18.3. The molecule has 1 amide bonds. The molecule has 1 aromatic carbocycles. The number of rotatable bonds is 14. The van der Waals surface area contributed by atoms with E-state index in [1.165, 1.54) is 63.5 Å². The van der Waals surface area contributed by atoms with Gasteiger partial charge >= 0.3 is 12.1 Å². The van der Waals surface area contributed by atoms with Gasteiger partial charge in [0, 0.05) is 42.5 Å². The summed E-state index contributed by atoms with van der Waals surface area (Å²) in [5.74, 6) is -1.57. The maximum absolute atomic E-state index is 15.4. The first kappa shape index (κ1) is 42.6. The summed E-state index contributed by atoms with van der Waals surface area (Å²) >= 11 is 1.13. The zero-order valence-corrected chi connectivity index (χ0v) is 31.5. The number of aliphatic hydroxyl groups is 1. The van der Waals surface area contributed by atoms with Gasteiger partial charge in [0.25, 0.3) is 6.33 Å². The zero-order valence-electron chi connectivity index (χ0n) is 29.1. The van der Waals surface area contributed by atoms with E-state index in [0.717, 1.165) is 17.8 Å². The summed E-state index contributed by atoms with van der Waals surface area (Å²) in [5, 5.41) is 32.3. The Bertz CT molecular complexity index is 1980. The largest absolute Gasteiger partial charge is 1.00 e. The standard InChI is InChI=1S/C32H36F2N11O5S.2ClH/c1-21(50-30(47)42(5)29-22(7-6-12-37-29)15-49-28(46)14-35-4)43-19-39-44(20-43)16-32(48,24-9-8-23(33)13-25(24)34)31(2,3)51-27-11-10-26(40-41-27)45-18-36-17-38-45;;/h6-13,17-21,35,48H,14-16H2,1-5H3;2*1H/q+1;;/p-1. The van der Waals surface area contributed by atoms with Crippen LogP contribution in [0.5, 0.6) is 0 Å². The van der Waals surface area contributed by atoms with E-state index in [9.17, 15) is 19.1 Å². The molecule has 21 heteroatoms. The van der Waals surface area contributed by atoms with Crippen LogP contribution in [0.4, 0.5) is 19.4 Å². The van der Waals surface area contributed by atoms with Gasteiger partial charge in [-0.25, -0.2) is 28.2 Å².